The number of carbonyl (C=O) groups excluding carboxylic acids is 1. The summed E-state index contributed by atoms with van der Waals surface area (Å²) in [5.74, 6) is 0.667. The van der Waals surface area contributed by atoms with E-state index in [0.29, 0.717) is 18.9 Å². The molecule has 1 heterocycles. The maximum absolute atomic E-state index is 11.7. The Morgan fingerprint density at radius 2 is 2.24 bits per heavy atom. The third-order valence-corrected chi connectivity index (χ3v) is 3.43. The Bertz CT molecular complexity index is 227. The van der Waals surface area contributed by atoms with Crippen molar-refractivity contribution in [2.45, 2.75) is 58.1 Å². The molecule has 3 N–H and O–H groups in total. The van der Waals surface area contributed by atoms with Gasteiger partial charge in [0, 0.05) is 13.0 Å². The number of hydrogen-bond acceptors (Lipinski definition) is 3. The lowest BCUT2D eigenvalue weighted by atomic mass is 10.0. The minimum atomic E-state index is 0.134. The first-order chi connectivity index (χ1) is 8.13. The quantitative estimate of drug-likeness (QED) is 0.710. The molecule has 4 heteroatoms. The number of rotatable bonds is 7. The Morgan fingerprint density at radius 3 is 2.82 bits per heavy atom. The summed E-state index contributed by atoms with van der Waals surface area (Å²) in [5, 5.41) is 3.02. The molecule has 100 valence electrons. The lowest BCUT2D eigenvalue weighted by molar-refractivity contribution is -0.122. The van der Waals surface area contributed by atoms with E-state index in [1.807, 2.05) is 6.92 Å². The van der Waals surface area contributed by atoms with Crippen LogP contribution >= 0.6 is 0 Å². The molecule has 0 saturated carbocycles. The Morgan fingerprint density at radius 1 is 1.47 bits per heavy atom. The molecule has 0 spiro atoms. The van der Waals surface area contributed by atoms with Crippen LogP contribution in [0.25, 0.3) is 0 Å². The number of hydrogen-bond donors (Lipinski definition) is 2. The maximum atomic E-state index is 11.7. The third kappa shape index (κ3) is 5.50. The van der Waals surface area contributed by atoms with Gasteiger partial charge in [0.25, 0.3) is 0 Å². The minimum Gasteiger partial charge on any atom is -0.376 e. The van der Waals surface area contributed by atoms with E-state index in [2.05, 4.69) is 12.2 Å². The van der Waals surface area contributed by atoms with Crippen molar-refractivity contribution in [3.05, 3.63) is 0 Å². The van der Waals surface area contributed by atoms with Crippen molar-refractivity contribution in [2.75, 3.05) is 13.2 Å². The first-order valence-corrected chi connectivity index (χ1v) is 6.74. The molecule has 0 aromatic rings. The summed E-state index contributed by atoms with van der Waals surface area (Å²) in [6, 6.07) is 0.134. The average Bonchev–Trinajstić information content (AvgIpc) is 2.80. The van der Waals surface area contributed by atoms with Crippen LogP contribution < -0.4 is 11.1 Å². The van der Waals surface area contributed by atoms with E-state index >= 15 is 0 Å². The largest absolute Gasteiger partial charge is 0.376 e. The smallest absolute Gasteiger partial charge is 0.220 e. The van der Waals surface area contributed by atoms with Crippen LogP contribution in [0.5, 0.6) is 0 Å². The summed E-state index contributed by atoms with van der Waals surface area (Å²) in [6.07, 6.45) is 4.89. The Balaban J connectivity index is 2.15. The third-order valence-electron chi connectivity index (χ3n) is 3.43. The fraction of sp³-hybridized carbons (Fsp3) is 0.923. The Labute approximate surface area is 104 Å². The van der Waals surface area contributed by atoms with Gasteiger partial charge in [-0.15, -0.1) is 0 Å². The molecule has 0 aliphatic carbocycles. The average molecular weight is 242 g/mol. The molecule has 0 radical (unpaired) electrons. The van der Waals surface area contributed by atoms with E-state index in [-0.39, 0.29) is 18.1 Å². The van der Waals surface area contributed by atoms with Gasteiger partial charge in [-0.2, -0.15) is 0 Å². The predicted octanol–water partition coefficient (Wildman–Crippen LogP) is 1.44. The molecule has 3 atom stereocenters. The van der Waals surface area contributed by atoms with Gasteiger partial charge < -0.3 is 15.8 Å². The number of carbonyl (C=O) groups is 1. The normalized spacial score (nSPS) is 23.4. The first kappa shape index (κ1) is 14.5. The topological polar surface area (TPSA) is 64.4 Å². The molecule has 1 amide bonds. The van der Waals surface area contributed by atoms with Crippen LogP contribution in [0.15, 0.2) is 0 Å². The van der Waals surface area contributed by atoms with Crippen LogP contribution in [0.4, 0.5) is 0 Å². The molecule has 1 fully saturated rings. The summed E-state index contributed by atoms with van der Waals surface area (Å²) in [5.41, 5.74) is 5.48. The van der Waals surface area contributed by atoms with E-state index in [0.717, 1.165) is 32.3 Å². The van der Waals surface area contributed by atoms with Crippen molar-refractivity contribution in [1.82, 2.24) is 5.32 Å². The van der Waals surface area contributed by atoms with Crippen molar-refractivity contribution in [2.24, 2.45) is 11.7 Å². The molecule has 3 unspecified atom stereocenters. The van der Waals surface area contributed by atoms with Crippen molar-refractivity contribution >= 4 is 5.91 Å². The van der Waals surface area contributed by atoms with Gasteiger partial charge in [-0.3, -0.25) is 4.79 Å². The summed E-state index contributed by atoms with van der Waals surface area (Å²) >= 11 is 0. The summed E-state index contributed by atoms with van der Waals surface area (Å²) in [7, 11) is 0. The minimum absolute atomic E-state index is 0.134. The van der Waals surface area contributed by atoms with Gasteiger partial charge in [0.15, 0.2) is 0 Å². The molecule has 0 bridgehead atoms. The summed E-state index contributed by atoms with van der Waals surface area (Å²) in [4.78, 5) is 11.7. The van der Waals surface area contributed by atoms with E-state index in [9.17, 15) is 4.79 Å². The fourth-order valence-electron chi connectivity index (χ4n) is 2.22. The Hall–Kier alpha value is -0.610. The zero-order valence-electron chi connectivity index (χ0n) is 11.1. The van der Waals surface area contributed by atoms with Crippen LogP contribution in [0, 0.1) is 5.92 Å². The second kappa shape index (κ2) is 7.67. The van der Waals surface area contributed by atoms with Crippen LogP contribution in [0.1, 0.15) is 46.0 Å². The molecule has 1 aliphatic heterocycles. The van der Waals surface area contributed by atoms with Crippen LogP contribution in [0.2, 0.25) is 0 Å². The molecule has 0 aromatic heterocycles. The molecule has 0 aromatic carbocycles. The molecular weight excluding hydrogens is 216 g/mol. The number of nitrogens with one attached hydrogen (secondary N) is 1. The van der Waals surface area contributed by atoms with Crippen molar-refractivity contribution < 1.29 is 9.53 Å². The van der Waals surface area contributed by atoms with Crippen molar-refractivity contribution in [1.29, 1.82) is 0 Å². The van der Waals surface area contributed by atoms with E-state index in [1.54, 1.807) is 0 Å². The zero-order valence-corrected chi connectivity index (χ0v) is 11.1. The molecule has 17 heavy (non-hydrogen) atoms. The van der Waals surface area contributed by atoms with E-state index in [1.165, 1.54) is 0 Å². The number of amides is 1. The van der Waals surface area contributed by atoms with Gasteiger partial charge in [-0.25, -0.2) is 0 Å². The van der Waals surface area contributed by atoms with Gasteiger partial charge in [-0.05, 0) is 45.1 Å². The standard InChI is InChI=1S/C13H26N2O2/c1-10(7-8-14)5-6-13(16)15-11(2)12-4-3-9-17-12/h10-12H,3-9,14H2,1-2H3,(H,15,16). The fourth-order valence-corrected chi connectivity index (χ4v) is 2.22. The maximum Gasteiger partial charge on any atom is 0.220 e. The molecular formula is C13H26N2O2. The molecule has 1 rings (SSSR count). The zero-order chi connectivity index (χ0) is 12.7. The molecule has 4 nitrogen and oxygen atoms in total. The van der Waals surface area contributed by atoms with E-state index < -0.39 is 0 Å². The van der Waals surface area contributed by atoms with E-state index in [4.69, 9.17) is 10.5 Å². The molecule has 1 saturated heterocycles. The second-order valence-electron chi connectivity index (χ2n) is 5.13. The Kier molecular flexibility index (Phi) is 6.52. The predicted molar refractivity (Wildman–Crippen MR) is 68.6 cm³/mol. The van der Waals surface area contributed by atoms with Gasteiger partial charge in [0.05, 0.1) is 12.1 Å². The SMILES string of the molecule is CC(CCN)CCC(=O)NC(C)C1CCCO1. The van der Waals surface area contributed by atoms with Crippen LogP contribution in [-0.4, -0.2) is 31.2 Å². The van der Waals surface area contributed by atoms with Gasteiger partial charge in [0.2, 0.25) is 5.91 Å². The van der Waals surface area contributed by atoms with Crippen LogP contribution in [0.3, 0.4) is 0 Å². The summed E-state index contributed by atoms with van der Waals surface area (Å²) in [6.45, 7) is 5.70. The second-order valence-corrected chi connectivity index (χ2v) is 5.13. The summed E-state index contributed by atoms with van der Waals surface area (Å²) < 4.78 is 5.55. The van der Waals surface area contributed by atoms with Crippen molar-refractivity contribution in [3.63, 3.8) is 0 Å². The van der Waals surface area contributed by atoms with Crippen molar-refractivity contribution in [3.8, 4) is 0 Å². The van der Waals surface area contributed by atoms with Crippen LogP contribution in [-0.2, 0) is 9.53 Å². The molecule has 1 aliphatic rings. The van der Waals surface area contributed by atoms with Gasteiger partial charge in [0.1, 0.15) is 0 Å². The number of nitrogens with two attached hydrogens (primary N) is 1. The van der Waals surface area contributed by atoms with Gasteiger partial charge in [-0.1, -0.05) is 6.92 Å². The lowest BCUT2D eigenvalue weighted by Crippen LogP contribution is -2.40. The van der Waals surface area contributed by atoms with Gasteiger partial charge >= 0.3 is 0 Å². The first-order valence-electron chi connectivity index (χ1n) is 6.74. The highest BCUT2D eigenvalue weighted by Gasteiger charge is 2.23. The highest BCUT2D eigenvalue weighted by molar-refractivity contribution is 5.76. The highest BCUT2D eigenvalue weighted by Crippen LogP contribution is 2.16. The monoisotopic (exact) mass is 242 g/mol. The number of ether oxygens (including phenoxy) is 1. The lowest BCUT2D eigenvalue weighted by Gasteiger charge is -2.20. The highest BCUT2D eigenvalue weighted by atomic mass is 16.5.